The molecule has 9 N–H and O–H groups in total. The van der Waals surface area contributed by atoms with Crippen molar-refractivity contribution in [3.63, 3.8) is 0 Å². The molecule has 10 aromatic carbocycles. The predicted molar refractivity (Wildman–Crippen MR) is 569 cm³/mol. The monoisotopic (exact) mass is 1840 g/mol. The molecule has 0 unspecified atom stereocenters. The molecule has 139 heavy (non-hydrogen) atoms. The van der Waals surface area contributed by atoms with E-state index in [1.54, 1.807) is 17.0 Å². The maximum Gasteiger partial charge on any atom is 0.274 e. The normalized spacial score (nSPS) is 13.6. The number of carbonyl (C=O) groups is 1. The Bertz CT molecular complexity index is 6950. The molecule has 9 heterocycles. The van der Waals surface area contributed by atoms with Crippen LogP contribution in [-0.2, 0) is 20.0 Å². The van der Waals surface area contributed by atoms with Crippen molar-refractivity contribution < 1.29 is 47.6 Å². The van der Waals surface area contributed by atoms with Crippen LogP contribution in [-0.4, -0.2) is 161 Å². The number of aromatic hydroxyl groups is 1. The Morgan fingerprint density at radius 3 is 1.49 bits per heavy atom. The van der Waals surface area contributed by atoms with Crippen LogP contribution in [0.2, 0.25) is 0 Å². The first-order valence-corrected chi connectivity index (χ1v) is 48.2. The number of H-pyrrole nitrogens is 2. The number of benzene rings is 10. The van der Waals surface area contributed by atoms with Crippen molar-refractivity contribution in [1.82, 2.24) is 35.1 Å². The average Bonchev–Trinajstić information content (AvgIpc) is 1.65. The van der Waals surface area contributed by atoms with E-state index in [4.69, 9.17) is 4.98 Å². The van der Waals surface area contributed by atoms with Crippen molar-refractivity contribution in [2.75, 3.05) is 123 Å². The van der Waals surface area contributed by atoms with Crippen molar-refractivity contribution in [2.45, 2.75) is 39.7 Å². The molecule has 0 radical (unpaired) electrons. The Labute approximate surface area is 817 Å². The van der Waals surface area contributed by atoms with E-state index in [0.29, 0.717) is 5.56 Å². The van der Waals surface area contributed by atoms with E-state index in [0.717, 1.165) is 161 Å². The number of aromatic amines is 2. The molecule has 6 aromatic heterocycles. The van der Waals surface area contributed by atoms with Gasteiger partial charge in [0.15, 0.2) is 61.8 Å². The Balaban J connectivity index is 0.000000126. The van der Waals surface area contributed by atoms with E-state index in [2.05, 4.69) is 400 Å². The molecule has 0 saturated carbocycles. The fourth-order valence-electron chi connectivity index (χ4n) is 16.7. The third kappa shape index (κ3) is 26.1. The summed E-state index contributed by atoms with van der Waals surface area (Å²) >= 11 is 0. The minimum Gasteiger partial charge on any atom is -0.508 e. The van der Waals surface area contributed by atoms with E-state index in [1.165, 1.54) is 91.5 Å². The number of fused-ring (bicyclic) bond motifs is 2. The van der Waals surface area contributed by atoms with Crippen molar-refractivity contribution >= 4 is 98.0 Å². The SMILES string of the molecule is C(=C/c1ccc(-[n+]2ccccc2)cc1)/c1ccc(-[n+]2ccccc2)cc1.CC[N+](C)(C)c1ccc(C(=C2C=CC(=[N+](C)C)C=C2)c2ccc(N(C)C)cc2)cc1.CCc1ccc(C[n+]2ccc(C=Cc3cc[n+](C)cc3)cc2)cc1.C[NH+]1CCN(c2ccc3nc(-c4ccc5nc(-c6ccc(O)cc6)[nH]c5c4)[nH]c3c2)CC1.O=C(Nc1ccc(C2=[NH+]CCCN2)cc1)c1ccc(C2=[NH+]CCCN2)cc1. The summed E-state index contributed by atoms with van der Waals surface area (Å²) < 4.78 is 11.5. The topological polar surface area (TPSA) is 188 Å². The number of piperazine rings is 1. The van der Waals surface area contributed by atoms with Gasteiger partial charge >= 0.3 is 0 Å². The summed E-state index contributed by atoms with van der Waals surface area (Å²) in [6, 6.07) is 99.7. The first kappa shape index (κ1) is 96.0. The minimum absolute atomic E-state index is 0.106. The summed E-state index contributed by atoms with van der Waals surface area (Å²) in [7, 11) is 17.1. The second-order valence-electron chi connectivity index (χ2n) is 36.4. The van der Waals surface area contributed by atoms with Gasteiger partial charge in [0.25, 0.3) is 17.6 Å². The van der Waals surface area contributed by atoms with Gasteiger partial charge in [-0.2, -0.15) is 9.13 Å². The molecule has 698 valence electrons. The summed E-state index contributed by atoms with van der Waals surface area (Å²) in [5.41, 5.74) is 29.2. The predicted octanol–water partition coefficient (Wildman–Crippen LogP) is 14.4. The summed E-state index contributed by atoms with van der Waals surface area (Å²) in [6.07, 6.45) is 37.3. The lowest BCUT2D eigenvalue weighted by atomic mass is 9.90. The van der Waals surface area contributed by atoms with Gasteiger partial charge in [-0.15, -0.1) is 0 Å². The zero-order valence-electron chi connectivity index (χ0n) is 81.5. The molecule has 1 aliphatic carbocycles. The lowest BCUT2D eigenvalue weighted by Gasteiger charge is -2.31. The van der Waals surface area contributed by atoms with E-state index in [9.17, 15) is 9.90 Å². The summed E-state index contributed by atoms with van der Waals surface area (Å²) in [4.78, 5) is 41.8. The summed E-state index contributed by atoms with van der Waals surface area (Å²) in [5.74, 6) is 3.85. The van der Waals surface area contributed by atoms with Crippen LogP contribution in [0, 0.1) is 0 Å². The van der Waals surface area contributed by atoms with Crippen molar-refractivity contribution in [3.8, 4) is 39.9 Å². The van der Waals surface area contributed by atoms with Gasteiger partial charge in [-0.25, -0.2) is 23.7 Å². The van der Waals surface area contributed by atoms with Crippen LogP contribution in [0.3, 0.4) is 0 Å². The van der Waals surface area contributed by atoms with Crippen LogP contribution in [0.25, 0.3) is 86.1 Å². The van der Waals surface area contributed by atoms with Gasteiger partial charge in [0.1, 0.15) is 44.2 Å². The van der Waals surface area contributed by atoms with Crippen LogP contribution >= 0.6 is 0 Å². The number of aromatic nitrogens is 8. The molecule has 0 atom stereocenters. The first-order chi connectivity index (χ1) is 67.7. The maximum absolute atomic E-state index is 12.5. The molecule has 1 fully saturated rings. The Kier molecular flexibility index (Phi) is 32.0. The summed E-state index contributed by atoms with van der Waals surface area (Å²) in [6.45, 7) is 14.8. The Morgan fingerprint density at radius 2 is 0.986 bits per heavy atom. The quantitative estimate of drug-likeness (QED) is 0.0193. The number of likely N-dealkylation sites (N-methyl/N-ethyl adjacent to an activating group) is 1. The van der Waals surface area contributed by atoms with Gasteiger partial charge in [0.05, 0.1) is 113 Å². The molecule has 4 aliphatic rings. The fraction of sp³-hybridized carbons (Fsp3) is 0.193. The van der Waals surface area contributed by atoms with Crippen molar-refractivity contribution in [2.24, 2.45) is 7.05 Å². The minimum atomic E-state index is -0.106. The highest BCUT2D eigenvalue weighted by atomic mass is 16.3. The number of rotatable bonds is 21. The molecular formula is C119H129N18O2+9. The van der Waals surface area contributed by atoms with Gasteiger partial charge in [0, 0.05) is 151 Å². The molecule has 1 amide bonds. The lowest BCUT2D eigenvalue weighted by Crippen LogP contribution is -3.12. The number of anilines is 3. The molecule has 16 aromatic rings. The average molecular weight is 1840 g/mol. The van der Waals surface area contributed by atoms with E-state index >= 15 is 0 Å². The maximum atomic E-state index is 12.5. The second kappa shape index (κ2) is 46.4. The van der Waals surface area contributed by atoms with Gasteiger partial charge in [-0.1, -0.05) is 79.8 Å². The number of phenolic OH excluding ortho intramolecular Hbond substituents is 1. The lowest BCUT2D eigenvalue weighted by molar-refractivity contribution is -0.880. The largest absolute Gasteiger partial charge is 0.508 e. The molecular weight excluding hydrogens is 1710 g/mol. The molecule has 3 aliphatic heterocycles. The van der Waals surface area contributed by atoms with Crippen LogP contribution in [0.1, 0.15) is 92.7 Å². The van der Waals surface area contributed by atoms with Gasteiger partial charge < -0.3 is 35.1 Å². The highest BCUT2D eigenvalue weighted by molar-refractivity contribution is 6.06. The van der Waals surface area contributed by atoms with E-state index in [1.807, 2.05) is 121 Å². The van der Waals surface area contributed by atoms with E-state index in [-0.39, 0.29) is 11.7 Å². The number of amides is 1. The fourth-order valence-corrected chi connectivity index (χ4v) is 16.7. The van der Waals surface area contributed by atoms with Gasteiger partial charge in [0.2, 0.25) is 11.4 Å². The van der Waals surface area contributed by atoms with Gasteiger partial charge in [-0.05, 0) is 245 Å². The summed E-state index contributed by atoms with van der Waals surface area (Å²) in [5, 5.41) is 19.2. The number of pyridine rings is 4. The van der Waals surface area contributed by atoms with Crippen LogP contribution in [0.5, 0.6) is 5.75 Å². The number of quaternary nitrogens is 2. The third-order valence-electron chi connectivity index (χ3n) is 25.6. The third-order valence-corrected chi connectivity index (χ3v) is 25.6. The van der Waals surface area contributed by atoms with Crippen molar-refractivity contribution in [3.05, 3.63) is 432 Å². The molecule has 20 nitrogen and oxygen atoms in total. The Morgan fingerprint density at radius 1 is 0.518 bits per heavy atom. The highest BCUT2D eigenvalue weighted by Gasteiger charge is 2.23. The van der Waals surface area contributed by atoms with Gasteiger partial charge in [-0.3, -0.25) is 29.9 Å². The van der Waals surface area contributed by atoms with Crippen LogP contribution in [0.4, 0.5) is 22.7 Å². The second-order valence-corrected chi connectivity index (χ2v) is 36.4. The molecule has 20 heteroatoms. The Hall–Kier alpha value is -16.2. The number of phenols is 1. The van der Waals surface area contributed by atoms with Crippen LogP contribution in [0.15, 0.2) is 371 Å². The number of amidine groups is 2. The number of allylic oxidation sites excluding steroid dienone is 5. The zero-order chi connectivity index (χ0) is 96.4. The number of nitrogens with zero attached hydrogens (tertiary/aromatic N) is 10. The van der Waals surface area contributed by atoms with E-state index < -0.39 is 0 Å². The number of carbonyl (C=O) groups excluding carboxylic acids is 1. The number of hydrogen-bond donors (Lipinski definition) is 9. The number of imidazole rings is 2. The number of hydrogen-bond acceptors (Lipinski definition) is 8. The molecule has 20 rings (SSSR count). The first-order valence-electron chi connectivity index (χ1n) is 48.2. The molecule has 1 saturated heterocycles. The molecule has 0 bridgehead atoms. The smallest absolute Gasteiger partial charge is 0.274 e. The zero-order valence-corrected chi connectivity index (χ0v) is 81.5. The highest BCUT2D eigenvalue weighted by Crippen LogP contribution is 2.34. The van der Waals surface area contributed by atoms with Crippen molar-refractivity contribution in [1.29, 1.82) is 0 Å². The number of nitrogens with one attached hydrogen (secondary N) is 8. The number of aryl methyl sites for hydroxylation is 2. The molecule has 0 spiro atoms. The standard InChI is InChI=1S/C27H35N3.C25H24N6O.C24H20N2.C22H24N2.C21H23N5O/c1-8-30(6,7)26-19-13-23(14-20-26)27(21-9-15-24(16-10-21)28(2)3)22-11-17-25(18-12-22)29(4)5;1-30-10-12-31(13-11-30)18-5-9-21-23(15-18)29-25(27-21)17-4-8-20-22(14-17)28-24(26-20)16-2-6-19(32)7-3-16;1-3-17-25(18-4-1)23-13-9-21(10-14-23)7-8-22-11-15-24(16-12-22)26-19-5-2-6-20-26;1-3-19-4-8-22(9-5-19)18-24-16-12-21(13-17-24)7-6-20-10-14-23(2)15-11-20;27-21(17-5-3-15(4-6-17)19-22-11-1-12-23-19)26-18-9-7-16(8-10-18)20-24-13-2-14-25-20/h9-20H,8H2,1-7H3;2-9,14-15,32H,10-13H2,1H3,(H,26,28)(H,27,29);1-20H;4-17H,3,18H2,1-2H3;3-10H,1-2,11-14H2,(H,22,23)(H,24,25)(H,26,27)/q+2;;2*+2;/p+3/b;;8-7-;;. The van der Waals surface area contributed by atoms with Crippen LogP contribution < -0.4 is 63.4 Å².